The molecule has 1 heterocycles. The molecule has 2 amide bonds. The molecule has 5 heteroatoms. The number of nitrogens with zero attached hydrogens (tertiary/aromatic N) is 1. The summed E-state index contributed by atoms with van der Waals surface area (Å²) in [6, 6.07) is 4.04. The molecule has 0 spiro atoms. The summed E-state index contributed by atoms with van der Waals surface area (Å²) in [5.74, 6) is -0.780. The second-order valence-corrected chi connectivity index (χ2v) is 5.98. The fourth-order valence-electron chi connectivity index (χ4n) is 2.38. The fraction of sp³-hybridized carbons (Fsp3) is 0.429. The maximum Gasteiger partial charge on any atom is 0.227 e. The van der Waals surface area contributed by atoms with Gasteiger partial charge in [0.25, 0.3) is 0 Å². The lowest BCUT2D eigenvalue weighted by molar-refractivity contribution is -0.123. The third kappa shape index (κ3) is 2.75. The summed E-state index contributed by atoms with van der Waals surface area (Å²) in [6.07, 6.45) is 1.15. The molecule has 1 atom stereocenters. The first-order valence-electron chi connectivity index (χ1n) is 6.32. The minimum absolute atomic E-state index is 0.0218. The number of benzene rings is 1. The average Bonchev–Trinajstić information content (AvgIpc) is 2.75. The van der Waals surface area contributed by atoms with Crippen LogP contribution in [0.15, 0.2) is 12.1 Å². The summed E-state index contributed by atoms with van der Waals surface area (Å²) in [5.41, 5.74) is 8.55. The Balaban J connectivity index is 2.35. The number of amides is 2. The van der Waals surface area contributed by atoms with Crippen LogP contribution in [0.4, 0.5) is 5.69 Å². The Labute approximate surface area is 126 Å². The number of primary amides is 1. The molecule has 0 aliphatic carbocycles. The zero-order valence-corrected chi connectivity index (χ0v) is 13.2. The Morgan fingerprint density at radius 1 is 1.53 bits per heavy atom. The number of carbonyl (C=O) groups excluding carboxylic acids is 2. The van der Waals surface area contributed by atoms with E-state index in [1.54, 1.807) is 4.90 Å². The molecule has 2 N–H and O–H groups in total. The second-order valence-electron chi connectivity index (χ2n) is 4.90. The molecule has 1 aliphatic heterocycles. The Hall–Kier alpha value is -1.11. The molecular formula is C14H17IN2O2. The lowest BCUT2D eigenvalue weighted by Crippen LogP contribution is -2.28. The van der Waals surface area contributed by atoms with Crippen LogP contribution in [0, 0.1) is 16.4 Å². The van der Waals surface area contributed by atoms with E-state index in [1.807, 2.05) is 19.1 Å². The van der Waals surface area contributed by atoms with Gasteiger partial charge in [0.2, 0.25) is 11.8 Å². The van der Waals surface area contributed by atoms with E-state index in [1.165, 1.54) is 9.13 Å². The predicted molar refractivity (Wildman–Crippen MR) is 82.9 cm³/mol. The zero-order valence-electron chi connectivity index (χ0n) is 11.1. The van der Waals surface area contributed by atoms with Crippen molar-refractivity contribution in [1.82, 2.24) is 0 Å². The van der Waals surface area contributed by atoms with Gasteiger partial charge in [0.1, 0.15) is 0 Å². The molecule has 0 aromatic heterocycles. The van der Waals surface area contributed by atoms with Gasteiger partial charge in [-0.2, -0.15) is 0 Å². The maximum atomic E-state index is 12.0. The van der Waals surface area contributed by atoms with Gasteiger partial charge in [0, 0.05) is 22.2 Å². The molecular weight excluding hydrogens is 355 g/mol. The number of rotatable bonds is 3. The van der Waals surface area contributed by atoms with Crippen molar-refractivity contribution in [3.8, 4) is 0 Å². The van der Waals surface area contributed by atoms with Crippen molar-refractivity contribution >= 4 is 40.1 Å². The van der Waals surface area contributed by atoms with Gasteiger partial charge in [-0.1, -0.05) is 6.92 Å². The quantitative estimate of drug-likeness (QED) is 0.825. The minimum Gasteiger partial charge on any atom is -0.369 e. The number of anilines is 1. The van der Waals surface area contributed by atoms with Crippen LogP contribution in [-0.2, 0) is 16.0 Å². The van der Waals surface area contributed by atoms with Gasteiger partial charge in [0.05, 0.1) is 5.92 Å². The third-order valence-electron chi connectivity index (χ3n) is 3.53. The van der Waals surface area contributed by atoms with Crippen molar-refractivity contribution in [3.05, 3.63) is 26.8 Å². The highest BCUT2D eigenvalue weighted by molar-refractivity contribution is 14.1. The number of halogens is 1. The summed E-state index contributed by atoms with van der Waals surface area (Å²) in [5, 5.41) is 0. The Morgan fingerprint density at radius 3 is 2.74 bits per heavy atom. The van der Waals surface area contributed by atoms with Gasteiger partial charge in [-0.25, -0.2) is 0 Å². The van der Waals surface area contributed by atoms with Crippen molar-refractivity contribution in [2.75, 3.05) is 11.4 Å². The van der Waals surface area contributed by atoms with Crippen LogP contribution in [0.5, 0.6) is 0 Å². The first-order valence-corrected chi connectivity index (χ1v) is 7.40. The van der Waals surface area contributed by atoms with Crippen molar-refractivity contribution < 1.29 is 9.59 Å². The zero-order chi connectivity index (χ0) is 14.2. The number of hydrogen-bond donors (Lipinski definition) is 1. The Bertz CT molecular complexity index is 542. The summed E-state index contributed by atoms with van der Waals surface area (Å²) < 4.78 is 1.24. The molecule has 1 fully saturated rings. The highest BCUT2D eigenvalue weighted by atomic mass is 127. The highest BCUT2D eigenvalue weighted by Gasteiger charge is 2.34. The Kier molecular flexibility index (Phi) is 4.13. The van der Waals surface area contributed by atoms with Crippen LogP contribution in [0.1, 0.15) is 24.5 Å². The highest BCUT2D eigenvalue weighted by Crippen LogP contribution is 2.29. The van der Waals surface area contributed by atoms with Crippen LogP contribution in [0.3, 0.4) is 0 Å². The van der Waals surface area contributed by atoms with E-state index in [0.29, 0.717) is 6.54 Å². The van der Waals surface area contributed by atoms with Crippen molar-refractivity contribution in [2.24, 2.45) is 11.7 Å². The fourth-order valence-corrected chi connectivity index (χ4v) is 3.08. The monoisotopic (exact) mass is 372 g/mol. The van der Waals surface area contributed by atoms with E-state index in [4.69, 9.17) is 5.73 Å². The van der Waals surface area contributed by atoms with Crippen molar-refractivity contribution in [1.29, 1.82) is 0 Å². The molecule has 1 aromatic rings. The van der Waals surface area contributed by atoms with Crippen molar-refractivity contribution in [3.63, 3.8) is 0 Å². The average molecular weight is 372 g/mol. The molecule has 1 aliphatic rings. The lowest BCUT2D eigenvalue weighted by atomic mass is 10.1. The second kappa shape index (κ2) is 5.48. The standard InChI is InChI=1S/C14H17IN2O2/c1-3-9-5-11(4-8(2)13(9)15)17-7-10(14(16)19)6-12(17)18/h4-5,10H,3,6-7H2,1-2H3,(H2,16,19)/t10-/m0/s1. The summed E-state index contributed by atoms with van der Waals surface area (Å²) in [4.78, 5) is 24.9. The number of nitrogens with two attached hydrogens (primary N) is 1. The summed E-state index contributed by atoms with van der Waals surface area (Å²) >= 11 is 2.33. The van der Waals surface area contributed by atoms with Gasteiger partial charge < -0.3 is 10.6 Å². The summed E-state index contributed by atoms with van der Waals surface area (Å²) in [6.45, 7) is 4.53. The summed E-state index contributed by atoms with van der Waals surface area (Å²) in [7, 11) is 0. The van der Waals surface area contributed by atoms with E-state index in [2.05, 4.69) is 29.5 Å². The number of hydrogen-bond acceptors (Lipinski definition) is 2. The number of aryl methyl sites for hydroxylation is 2. The first-order chi connectivity index (χ1) is 8.93. The molecule has 1 aromatic carbocycles. The smallest absolute Gasteiger partial charge is 0.227 e. The minimum atomic E-state index is -0.395. The molecule has 0 radical (unpaired) electrons. The molecule has 2 rings (SSSR count). The van der Waals surface area contributed by atoms with Crippen LogP contribution in [0.25, 0.3) is 0 Å². The van der Waals surface area contributed by atoms with E-state index in [-0.39, 0.29) is 18.2 Å². The SMILES string of the molecule is CCc1cc(N2C[C@@H](C(N)=O)CC2=O)cc(C)c1I. The lowest BCUT2D eigenvalue weighted by Gasteiger charge is -2.19. The third-order valence-corrected chi connectivity index (χ3v) is 5.08. The molecule has 19 heavy (non-hydrogen) atoms. The van der Waals surface area contributed by atoms with Gasteiger partial charge in [-0.15, -0.1) is 0 Å². The van der Waals surface area contributed by atoms with Gasteiger partial charge in [-0.3, -0.25) is 9.59 Å². The Morgan fingerprint density at radius 2 is 2.21 bits per heavy atom. The normalized spacial score (nSPS) is 19.0. The van der Waals surface area contributed by atoms with Crippen molar-refractivity contribution in [2.45, 2.75) is 26.7 Å². The number of carbonyl (C=O) groups is 2. The largest absolute Gasteiger partial charge is 0.369 e. The van der Waals surface area contributed by atoms with Crippen LogP contribution in [-0.4, -0.2) is 18.4 Å². The molecule has 102 valence electrons. The van der Waals surface area contributed by atoms with E-state index < -0.39 is 5.91 Å². The maximum absolute atomic E-state index is 12.0. The molecule has 1 saturated heterocycles. The van der Waals surface area contributed by atoms with Crippen LogP contribution < -0.4 is 10.6 Å². The van der Waals surface area contributed by atoms with Crippen LogP contribution in [0.2, 0.25) is 0 Å². The molecule has 0 saturated carbocycles. The van der Waals surface area contributed by atoms with E-state index in [0.717, 1.165) is 17.7 Å². The van der Waals surface area contributed by atoms with Crippen LogP contribution >= 0.6 is 22.6 Å². The van der Waals surface area contributed by atoms with E-state index in [9.17, 15) is 9.59 Å². The van der Waals surface area contributed by atoms with Gasteiger partial charge in [-0.05, 0) is 59.2 Å². The van der Waals surface area contributed by atoms with Gasteiger partial charge in [0.15, 0.2) is 0 Å². The first kappa shape index (κ1) is 14.3. The molecule has 4 nitrogen and oxygen atoms in total. The molecule has 0 bridgehead atoms. The van der Waals surface area contributed by atoms with Gasteiger partial charge >= 0.3 is 0 Å². The predicted octanol–water partition coefficient (Wildman–Crippen LogP) is 2.00. The van der Waals surface area contributed by atoms with E-state index >= 15 is 0 Å². The molecule has 0 unspecified atom stereocenters. The topological polar surface area (TPSA) is 63.4 Å².